The molecule has 0 atom stereocenters. The summed E-state index contributed by atoms with van der Waals surface area (Å²) in [7, 11) is 0. The minimum Gasteiger partial charge on any atom is -0.436 e. The third-order valence-electron chi connectivity index (χ3n) is 4.69. The molecule has 5 aromatic rings. The van der Waals surface area contributed by atoms with Crippen molar-refractivity contribution in [1.29, 1.82) is 0 Å². The van der Waals surface area contributed by atoms with Gasteiger partial charge in [0.1, 0.15) is 10.4 Å². The first-order valence-corrected chi connectivity index (χ1v) is 10.3. The summed E-state index contributed by atoms with van der Waals surface area (Å²) in [6.45, 7) is 0.414. The Balaban J connectivity index is 1.30. The number of amides is 1. The molecule has 2 heterocycles. The molecule has 0 fully saturated rings. The number of nitrogens with one attached hydrogen (secondary N) is 1. The maximum absolute atomic E-state index is 12.6. The van der Waals surface area contributed by atoms with Gasteiger partial charge < -0.3 is 9.73 Å². The van der Waals surface area contributed by atoms with Gasteiger partial charge >= 0.3 is 0 Å². The molecule has 3 aromatic carbocycles. The molecule has 142 valence electrons. The van der Waals surface area contributed by atoms with Gasteiger partial charge in [0.25, 0.3) is 5.91 Å². The van der Waals surface area contributed by atoms with E-state index in [1.165, 1.54) is 11.3 Å². The molecular formula is C23H15ClN2O2S. The molecular weight excluding hydrogens is 404 g/mol. The maximum atomic E-state index is 12.6. The van der Waals surface area contributed by atoms with Gasteiger partial charge in [-0.3, -0.25) is 4.79 Å². The molecule has 0 bridgehead atoms. The van der Waals surface area contributed by atoms with Crippen LogP contribution in [0.3, 0.4) is 0 Å². The molecule has 4 nitrogen and oxygen atoms in total. The lowest BCUT2D eigenvalue weighted by Gasteiger charge is -2.05. The zero-order valence-corrected chi connectivity index (χ0v) is 16.8. The van der Waals surface area contributed by atoms with E-state index in [9.17, 15) is 4.79 Å². The monoisotopic (exact) mass is 418 g/mol. The molecule has 5 rings (SSSR count). The molecule has 0 aliphatic carbocycles. The molecule has 0 aliphatic heterocycles. The van der Waals surface area contributed by atoms with Crippen LogP contribution in [0, 0.1) is 0 Å². The van der Waals surface area contributed by atoms with Crippen LogP contribution in [0.25, 0.3) is 32.6 Å². The Bertz CT molecular complexity index is 1310. The van der Waals surface area contributed by atoms with Crippen molar-refractivity contribution >= 4 is 50.0 Å². The molecule has 0 saturated carbocycles. The van der Waals surface area contributed by atoms with Crippen LogP contribution in [0.5, 0.6) is 0 Å². The van der Waals surface area contributed by atoms with E-state index >= 15 is 0 Å². The highest BCUT2D eigenvalue weighted by Gasteiger charge is 2.16. The van der Waals surface area contributed by atoms with E-state index in [-0.39, 0.29) is 5.91 Å². The number of benzene rings is 3. The predicted molar refractivity (Wildman–Crippen MR) is 117 cm³/mol. The van der Waals surface area contributed by atoms with E-state index in [4.69, 9.17) is 16.0 Å². The highest BCUT2D eigenvalue weighted by atomic mass is 35.5. The highest BCUT2D eigenvalue weighted by Crippen LogP contribution is 2.35. The minimum atomic E-state index is -0.167. The van der Waals surface area contributed by atoms with Crippen molar-refractivity contribution < 1.29 is 9.21 Å². The van der Waals surface area contributed by atoms with Crippen LogP contribution in [0.4, 0.5) is 0 Å². The van der Waals surface area contributed by atoms with E-state index in [0.29, 0.717) is 22.3 Å². The van der Waals surface area contributed by atoms with Crippen molar-refractivity contribution in [2.24, 2.45) is 0 Å². The van der Waals surface area contributed by atoms with Gasteiger partial charge in [-0.2, -0.15) is 0 Å². The molecule has 1 amide bonds. The number of hydrogen-bond donors (Lipinski definition) is 1. The molecule has 0 saturated heterocycles. The molecule has 0 unspecified atom stereocenters. The van der Waals surface area contributed by atoms with E-state index in [1.807, 2.05) is 72.8 Å². The summed E-state index contributed by atoms with van der Waals surface area (Å²) in [6, 6.07) is 23.2. The number of thiophene rings is 1. The third-order valence-corrected chi connectivity index (χ3v) is 6.36. The number of hydrogen-bond acceptors (Lipinski definition) is 4. The Hall–Kier alpha value is -3.15. The number of halogens is 1. The topological polar surface area (TPSA) is 55.1 Å². The van der Waals surface area contributed by atoms with E-state index in [0.717, 1.165) is 32.3 Å². The molecule has 1 N–H and O–H groups in total. The van der Waals surface area contributed by atoms with Crippen molar-refractivity contribution in [3.05, 3.63) is 88.3 Å². The average molecular weight is 419 g/mol. The van der Waals surface area contributed by atoms with E-state index in [1.54, 1.807) is 0 Å². The van der Waals surface area contributed by atoms with Gasteiger partial charge in [-0.15, -0.1) is 11.3 Å². The van der Waals surface area contributed by atoms with Crippen LogP contribution in [0.15, 0.2) is 77.2 Å². The summed E-state index contributed by atoms with van der Waals surface area (Å²) >= 11 is 7.79. The summed E-state index contributed by atoms with van der Waals surface area (Å²) in [4.78, 5) is 17.6. The number of para-hydroxylation sites is 2. The van der Waals surface area contributed by atoms with Crippen LogP contribution in [-0.4, -0.2) is 10.9 Å². The van der Waals surface area contributed by atoms with Gasteiger partial charge in [-0.1, -0.05) is 54.1 Å². The fraction of sp³-hybridized carbons (Fsp3) is 0.0435. The highest BCUT2D eigenvalue weighted by molar-refractivity contribution is 7.21. The summed E-state index contributed by atoms with van der Waals surface area (Å²) in [6.07, 6.45) is 0. The molecule has 0 spiro atoms. The zero-order chi connectivity index (χ0) is 19.8. The van der Waals surface area contributed by atoms with Gasteiger partial charge in [0.05, 0.1) is 5.02 Å². The second-order valence-corrected chi connectivity index (χ2v) is 8.04. The summed E-state index contributed by atoms with van der Waals surface area (Å²) in [5, 5.41) is 4.36. The number of oxazole rings is 1. The molecule has 0 radical (unpaired) electrons. The standard InChI is InChI=1S/C23H15ClN2O2S/c24-20-16-5-1-4-8-19(16)29-21(20)22(27)25-13-14-9-11-15(12-10-14)23-26-17-6-2-3-7-18(17)28-23/h1-12H,13H2,(H,25,27). The smallest absolute Gasteiger partial charge is 0.263 e. The lowest BCUT2D eigenvalue weighted by Crippen LogP contribution is -2.22. The Kier molecular flexibility index (Phi) is 4.54. The number of rotatable bonds is 4. The second-order valence-electron chi connectivity index (χ2n) is 6.61. The van der Waals surface area contributed by atoms with Crippen molar-refractivity contribution in [3.8, 4) is 11.5 Å². The van der Waals surface area contributed by atoms with Gasteiger partial charge in [-0.05, 0) is 35.9 Å². The van der Waals surface area contributed by atoms with Crippen molar-refractivity contribution in [2.45, 2.75) is 6.54 Å². The Morgan fingerprint density at radius 1 is 1.00 bits per heavy atom. The molecule has 0 aliphatic rings. The predicted octanol–water partition coefficient (Wildman–Crippen LogP) is 6.29. The number of fused-ring (bicyclic) bond motifs is 2. The van der Waals surface area contributed by atoms with Gasteiger partial charge in [0.2, 0.25) is 5.89 Å². The zero-order valence-electron chi connectivity index (χ0n) is 15.2. The number of nitrogens with zero attached hydrogens (tertiary/aromatic N) is 1. The van der Waals surface area contributed by atoms with Crippen molar-refractivity contribution in [1.82, 2.24) is 10.3 Å². The summed E-state index contributed by atoms with van der Waals surface area (Å²) in [5.41, 5.74) is 3.47. The summed E-state index contributed by atoms with van der Waals surface area (Å²) < 4.78 is 6.80. The average Bonchev–Trinajstić information content (AvgIpc) is 3.34. The Morgan fingerprint density at radius 2 is 1.76 bits per heavy atom. The van der Waals surface area contributed by atoms with Gasteiger partial charge in [-0.25, -0.2) is 4.98 Å². The van der Waals surface area contributed by atoms with Crippen molar-refractivity contribution in [2.75, 3.05) is 0 Å². The van der Waals surface area contributed by atoms with Crippen LogP contribution in [0.1, 0.15) is 15.2 Å². The van der Waals surface area contributed by atoms with Crippen LogP contribution in [-0.2, 0) is 6.54 Å². The Morgan fingerprint density at radius 3 is 2.55 bits per heavy atom. The van der Waals surface area contributed by atoms with Crippen LogP contribution >= 0.6 is 22.9 Å². The number of carbonyl (C=O) groups excluding carboxylic acids is 1. The van der Waals surface area contributed by atoms with Crippen LogP contribution < -0.4 is 5.32 Å². The largest absolute Gasteiger partial charge is 0.436 e. The van der Waals surface area contributed by atoms with E-state index in [2.05, 4.69) is 10.3 Å². The fourth-order valence-electron chi connectivity index (χ4n) is 3.18. The second kappa shape index (κ2) is 7.35. The first-order chi connectivity index (χ1) is 14.2. The van der Waals surface area contributed by atoms with E-state index < -0.39 is 0 Å². The minimum absolute atomic E-state index is 0.167. The molecule has 6 heteroatoms. The Labute approximate surface area is 175 Å². The molecule has 2 aromatic heterocycles. The van der Waals surface area contributed by atoms with Crippen LogP contribution in [0.2, 0.25) is 5.02 Å². The van der Waals surface area contributed by atoms with Crippen molar-refractivity contribution in [3.63, 3.8) is 0 Å². The number of carbonyl (C=O) groups is 1. The summed E-state index contributed by atoms with van der Waals surface area (Å²) in [5.74, 6) is 0.415. The lowest BCUT2D eigenvalue weighted by atomic mass is 10.1. The molecule has 29 heavy (non-hydrogen) atoms. The maximum Gasteiger partial charge on any atom is 0.263 e. The first-order valence-electron chi connectivity index (χ1n) is 9.09. The fourth-order valence-corrected chi connectivity index (χ4v) is 4.62. The normalized spacial score (nSPS) is 11.2. The third kappa shape index (κ3) is 3.39. The lowest BCUT2D eigenvalue weighted by molar-refractivity contribution is 0.0955. The van der Waals surface area contributed by atoms with Gasteiger partial charge in [0.15, 0.2) is 5.58 Å². The number of aromatic nitrogens is 1. The quantitative estimate of drug-likeness (QED) is 0.373. The SMILES string of the molecule is O=C(NCc1ccc(-c2nc3ccccc3o2)cc1)c1sc2ccccc2c1Cl. The van der Waals surface area contributed by atoms with Gasteiger partial charge in [0, 0.05) is 22.2 Å². The first kappa shape index (κ1) is 17.9.